The second-order valence-corrected chi connectivity index (χ2v) is 5.44. The average Bonchev–Trinajstić information content (AvgIpc) is 3.03. The van der Waals surface area contributed by atoms with Crippen LogP contribution in [-0.4, -0.2) is 61.1 Å². The number of benzene rings is 1. The fourth-order valence-corrected chi connectivity index (χ4v) is 2.55. The summed E-state index contributed by atoms with van der Waals surface area (Å²) in [6.45, 7) is 4.32. The first kappa shape index (κ1) is 15.5. The summed E-state index contributed by atoms with van der Waals surface area (Å²) in [5, 5.41) is 6.30. The first-order valence-corrected chi connectivity index (χ1v) is 7.69. The van der Waals surface area contributed by atoms with Gasteiger partial charge in [-0.2, -0.15) is 0 Å². The molecule has 2 aromatic rings. The summed E-state index contributed by atoms with van der Waals surface area (Å²) < 4.78 is 5.26. The number of ether oxygens (including phenoxy) is 1. The molecule has 3 N–H and O–H groups in total. The van der Waals surface area contributed by atoms with Gasteiger partial charge in [-0.3, -0.25) is 14.5 Å². The van der Waals surface area contributed by atoms with Crippen LogP contribution in [0.5, 0.6) is 0 Å². The maximum atomic E-state index is 11.9. The van der Waals surface area contributed by atoms with E-state index in [1.807, 2.05) is 18.3 Å². The first-order chi connectivity index (χ1) is 11.2. The normalized spacial score (nSPS) is 15.5. The number of aromatic nitrogens is 1. The number of nitrogens with zero attached hydrogens (tertiary/aromatic N) is 1. The summed E-state index contributed by atoms with van der Waals surface area (Å²) in [6.07, 6.45) is 1.83. The summed E-state index contributed by atoms with van der Waals surface area (Å²) >= 11 is 0. The van der Waals surface area contributed by atoms with E-state index in [-0.39, 0.29) is 0 Å². The van der Waals surface area contributed by atoms with Crippen LogP contribution in [0.2, 0.25) is 0 Å². The number of aromatic amines is 1. The van der Waals surface area contributed by atoms with Crippen LogP contribution in [0.25, 0.3) is 10.9 Å². The van der Waals surface area contributed by atoms with Gasteiger partial charge in [-0.1, -0.05) is 6.07 Å². The quantitative estimate of drug-likeness (QED) is 0.719. The van der Waals surface area contributed by atoms with Gasteiger partial charge >= 0.3 is 11.8 Å². The fraction of sp³-hybridized carbons (Fsp3) is 0.375. The van der Waals surface area contributed by atoms with Crippen molar-refractivity contribution >= 4 is 28.4 Å². The Hall–Kier alpha value is -2.38. The number of carbonyl (C=O) groups excluding carboxylic acids is 2. The van der Waals surface area contributed by atoms with Crippen molar-refractivity contribution in [2.45, 2.75) is 0 Å². The van der Waals surface area contributed by atoms with Crippen molar-refractivity contribution in [3.8, 4) is 0 Å². The van der Waals surface area contributed by atoms with Gasteiger partial charge in [-0.15, -0.1) is 0 Å². The summed E-state index contributed by atoms with van der Waals surface area (Å²) in [5.41, 5.74) is 1.50. The lowest BCUT2D eigenvalue weighted by molar-refractivity contribution is -0.136. The fourth-order valence-electron chi connectivity index (χ4n) is 2.55. The molecule has 1 aliphatic heterocycles. The Labute approximate surface area is 134 Å². The number of hydrogen-bond acceptors (Lipinski definition) is 4. The van der Waals surface area contributed by atoms with E-state index < -0.39 is 11.8 Å². The predicted molar refractivity (Wildman–Crippen MR) is 87.2 cm³/mol. The van der Waals surface area contributed by atoms with Crippen molar-refractivity contribution in [2.24, 2.45) is 0 Å². The van der Waals surface area contributed by atoms with Crippen LogP contribution in [0.1, 0.15) is 0 Å². The number of hydrogen-bond donors (Lipinski definition) is 3. The molecule has 1 aromatic heterocycles. The lowest BCUT2D eigenvalue weighted by Crippen LogP contribution is -2.43. The third-order valence-electron chi connectivity index (χ3n) is 3.84. The molecule has 1 saturated heterocycles. The standard InChI is InChI=1S/C16H20N4O3/c21-15(18-5-6-20-7-9-23-10-8-20)16(22)19-13-2-1-12-3-4-17-14(12)11-13/h1-4,11,17H,5-10H2,(H,18,21)(H,19,22). The third-order valence-corrected chi connectivity index (χ3v) is 3.84. The van der Waals surface area contributed by atoms with Crippen molar-refractivity contribution < 1.29 is 14.3 Å². The van der Waals surface area contributed by atoms with E-state index in [4.69, 9.17) is 4.74 Å². The summed E-state index contributed by atoms with van der Waals surface area (Å²) in [4.78, 5) is 29.0. The molecule has 1 fully saturated rings. The van der Waals surface area contributed by atoms with E-state index in [1.54, 1.807) is 12.1 Å². The van der Waals surface area contributed by atoms with Crippen LogP contribution in [0.3, 0.4) is 0 Å². The zero-order valence-corrected chi connectivity index (χ0v) is 12.8. The molecule has 0 saturated carbocycles. The molecule has 7 nitrogen and oxygen atoms in total. The maximum Gasteiger partial charge on any atom is 0.313 e. The monoisotopic (exact) mass is 316 g/mol. The van der Waals surface area contributed by atoms with E-state index in [0.717, 1.165) is 43.8 Å². The topological polar surface area (TPSA) is 86.5 Å². The van der Waals surface area contributed by atoms with Crippen molar-refractivity contribution in [3.05, 3.63) is 30.5 Å². The lowest BCUT2D eigenvalue weighted by atomic mass is 10.2. The van der Waals surface area contributed by atoms with Gasteiger partial charge in [-0.05, 0) is 23.6 Å². The first-order valence-electron chi connectivity index (χ1n) is 7.69. The lowest BCUT2D eigenvalue weighted by Gasteiger charge is -2.26. The van der Waals surface area contributed by atoms with Crippen LogP contribution in [-0.2, 0) is 14.3 Å². The number of H-pyrrole nitrogens is 1. The zero-order chi connectivity index (χ0) is 16.1. The van der Waals surface area contributed by atoms with Gasteiger partial charge in [0.15, 0.2) is 0 Å². The second kappa shape index (κ2) is 7.26. The average molecular weight is 316 g/mol. The van der Waals surface area contributed by atoms with E-state index in [9.17, 15) is 9.59 Å². The smallest absolute Gasteiger partial charge is 0.313 e. The molecule has 2 amide bonds. The van der Waals surface area contributed by atoms with Gasteiger partial charge in [0.2, 0.25) is 0 Å². The molecule has 0 aliphatic carbocycles. The van der Waals surface area contributed by atoms with Crippen molar-refractivity contribution in [2.75, 3.05) is 44.7 Å². The molecule has 3 rings (SSSR count). The molecule has 2 heterocycles. The van der Waals surface area contributed by atoms with Gasteiger partial charge in [0.1, 0.15) is 0 Å². The van der Waals surface area contributed by atoms with Crippen LogP contribution in [0, 0.1) is 0 Å². The predicted octanol–water partition coefficient (Wildman–Crippen LogP) is 0.555. The highest BCUT2D eigenvalue weighted by Crippen LogP contribution is 2.17. The Morgan fingerprint density at radius 3 is 2.83 bits per heavy atom. The number of carbonyl (C=O) groups is 2. The van der Waals surface area contributed by atoms with Crippen LogP contribution in [0.4, 0.5) is 5.69 Å². The molecule has 1 aromatic carbocycles. The van der Waals surface area contributed by atoms with E-state index in [2.05, 4.69) is 20.5 Å². The van der Waals surface area contributed by atoms with Gasteiger partial charge < -0.3 is 20.4 Å². The Balaban J connectivity index is 1.46. The van der Waals surface area contributed by atoms with Gasteiger partial charge in [-0.25, -0.2) is 0 Å². The Morgan fingerprint density at radius 1 is 1.17 bits per heavy atom. The molecule has 23 heavy (non-hydrogen) atoms. The minimum atomic E-state index is -0.655. The third kappa shape index (κ3) is 4.08. The van der Waals surface area contributed by atoms with Gasteiger partial charge in [0, 0.05) is 43.6 Å². The van der Waals surface area contributed by atoms with E-state index in [0.29, 0.717) is 12.2 Å². The van der Waals surface area contributed by atoms with Crippen molar-refractivity contribution in [1.29, 1.82) is 0 Å². The molecule has 0 spiro atoms. The molecule has 0 unspecified atom stereocenters. The Morgan fingerprint density at radius 2 is 2.00 bits per heavy atom. The van der Waals surface area contributed by atoms with Crippen LogP contribution < -0.4 is 10.6 Å². The molecule has 122 valence electrons. The second-order valence-electron chi connectivity index (χ2n) is 5.44. The molecule has 0 bridgehead atoms. The molecular formula is C16H20N4O3. The minimum Gasteiger partial charge on any atom is -0.379 e. The maximum absolute atomic E-state index is 11.9. The zero-order valence-electron chi connectivity index (χ0n) is 12.8. The van der Waals surface area contributed by atoms with Gasteiger partial charge in [0.25, 0.3) is 0 Å². The number of nitrogens with one attached hydrogen (secondary N) is 3. The number of morpholine rings is 1. The molecule has 0 atom stereocenters. The molecule has 0 radical (unpaired) electrons. The SMILES string of the molecule is O=C(NCCN1CCOCC1)C(=O)Nc1ccc2cc[nH]c2c1. The van der Waals surface area contributed by atoms with Gasteiger partial charge in [0.05, 0.1) is 13.2 Å². The number of anilines is 1. The molecular weight excluding hydrogens is 296 g/mol. The van der Waals surface area contributed by atoms with Crippen molar-refractivity contribution in [3.63, 3.8) is 0 Å². The summed E-state index contributed by atoms with van der Waals surface area (Å²) in [5.74, 6) is -1.28. The highest BCUT2D eigenvalue weighted by Gasteiger charge is 2.15. The number of rotatable bonds is 4. The molecule has 7 heteroatoms. The Bertz CT molecular complexity index is 691. The van der Waals surface area contributed by atoms with Crippen LogP contribution in [0.15, 0.2) is 30.5 Å². The van der Waals surface area contributed by atoms with Crippen LogP contribution >= 0.6 is 0 Å². The van der Waals surface area contributed by atoms with Crippen molar-refractivity contribution in [1.82, 2.24) is 15.2 Å². The number of fused-ring (bicyclic) bond motifs is 1. The Kier molecular flexibility index (Phi) is 4.89. The summed E-state index contributed by atoms with van der Waals surface area (Å²) in [6, 6.07) is 7.40. The highest BCUT2D eigenvalue weighted by atomic mass is 16.5. The van der Waals surface area contributed by atoms with E-state index >= 15 is 0 Å². The molecule has 1 aliphatic rings. The largest absolute Gasteiger partial charge is 0.379 e. The summed E-state index contributed by atoms with van der Waals surface area (Å²) in [7, 11) is 0. The van der Waals surface area contributed by atoms with E-state index in [1.165, 1.54) is 0 Å². The minimum absolute atomic E-state index is 0.446. The number of amides is 2. The highest BCUT2D eigenvalue weighted by molar-refractivity contribution is 6.39.